The molecule has 1 aliphatic rings. The van der Waals surface area contributed by atoms with E-state index in [2.05, 4.69) is 5.32 Å². The lowest BCUT2D eigenvalue weighted by Gasteiger charge is -2.39. The van der Waals surface area contributed by atoms with E-state index < -0.39 is 17.3 Å². The van der Waals surface area contributed by atoms with Gasteiger partial charge in [0.2, 0.25) is 0 Å². The number of amides is 1. The molecular weight excluding hydrogens is 273 g/mol. The van der Waals surface area contributed by atoms with Crippen molar-refractivity contribution in [2.45, 2.75) is 44.6 Å². The number of nitrogens with one attached hydrogen (secondary N) is 1. The minimum absolute atomic E-state index is 0.122. The molecule has 3 N–H and O–H groups in total. The van der Waals surface area contributed by atoms with Crippen LogP contribution < -0.4 is 5.32 Å². The summed E-state index contributed by atoms with van der Waals surface area (Å²) in [5.74, 6) is -1.35. The zero-order chi connectivity index (χ0) is 15.5. The molecule has 1 atom stereocenters. The summed E-state index contributed by atoms with van der Waals surface area (Å²) >= 11 is 0. The number of phenols is 1. The van der Waals surface area contributed by atoms with Crippen molar-refractivity contribution in [1.29, 1.82) is 0 Å². The second-order valence-electron chi connectivity index (χ2n) is 6.03. The summed E-state index contributed by atoms with van der Waals surface area (Å²) < 4.78 is 13.7. The summed E-state index contributed by atoms with van der Waals surface area (Å²) in [6, 6.07) is 3.43. The number of aliphatic hydroxyl groups is 1. The predicted octanol–water partition coefficient (Wildman–Crippen LogP) is 2.59. The van der Waals surface area contributed by atoms with Gasteiger partial charge in [-0.1, -0.05) is 19.3 Å². The molecule has 0 bridgehead atoms. The van der Waals surface area contributed by atoms with Crippen molar-refractivity contribution in [3.05, 3.63) is 29.6 Å². The maximum Gasteiger partial charge on any atom is 0.254 e. The fraction of sp³-hybridized carbons (Fsp3) is 0.562. The molecule has 1 unspecified atom stereocenters. The highest BCUT2D eigenvalue weighted by molar-refractivity contribution is 5.95. The number of halogens is 1. The van der Waals surface area contributed by atoms with E-state index in [1.165, 1.54) is 18.6 Å². The molecule has 4 nitrogen and oxygen atoms in total. The fourth-order valence-electron chi connectivity index (χ4n) is 3.03. The fourth-order valence-corrected chi connectivity index (χ4v) is 3.03. The Kier molecular flexibility index (Phi) is 4.83. The van der Waals surface area contributed by atoms with Crippen molar-refractivity contribution in [3.63, 3.8) is 0 Å². The van der Waals surface area contributed by atoms with Crippen LogP contribution in [0.3, 0.4) is 0 Å². The Labute approximate surface area is 124 Å². The molecule has 1 aromatic rings. The van der Waals surface area contributed by atoms with Gasteiger partial charge in [-0.2, -0.15) is 0 Å². The zero-order valence-electron chi connectivity index (χ0n) is 12.2. The van der Waals surface area contributed by atoms with Crippen LogP contribution in [0.25, 0.3) is 0 Å². The standard InChI is InChI=1S/C16H22FNO3/c1-16(10-19,11-5-3-2-4-6-11)18-15(21)13-8-7-12(20)9-14(13)17/h7-9,11,19-20H,2-6,10H2,1H3,(H,18,21). The van der Waals surface area contributed by atoms with Gasteiger partial charge in [-0.3, -0.25) is 4.79 Å². The number of carbonyl (C=O) groups excluding carboxylic acids is 1. The average Bonchev–Trinajstić information content (AvgIpc) is 2.47. The van der Waals surface area contributed by atoms with E-state index in [0.29, 0.717) is 0 Å². The van der Waals surface area contributed by atoms with Crippen molar-refractivity contribution in [2.24, 2.45) is 5.92 Å². The molecular formula is C16H22FNO3. The molecule has 2 rings (SSSR count). The largest absolute Gasteiger partial charge is 0.508 e. The van der Waals surface area contributed by atoms with E-state index in [1.807, 2.05) is 0 Å². The highest BCUT2D eigenvalue weighted by atomic mass is 19.1. The molecule has 1 fully saturated rings. The Bertz CT molecular complexity index is 514. The van der Waals surface area contributed by atoms with E-state index in [-0.39, 0.29) is 23.8 Å². The summed E-state index contributed by atoms with van der Waals surface area (Å²) in [5, 5.41) is 21.7. The third-order valence-corrected chi connectivity index (χ3v) is 4.43. The van der Waals surface area contributed by atoms with Gasteiger partial charge in [0.05, 0.1) is 17.7 Å². The van der Waals surface area contributed by atoms with Crippen LogP contribution >= 0.6 is 0 Å². The summed E-state index contributed by atoms with van der Waals surface area (Å²) in [5.41, 5.74) is -0.870. The van der Waals surface area contributed by atoms with Crippen LogP contribution in [0, 0.1) is 11.7 Å². The number of benzene rings is 1. The zero-order valence-corrected chi connectivity index (χ0v) is 12.2. The molecule has 1 saturated carbocycles. The number of hydrogen-bond donors (Lipinski definition) is 3. The van der Waals surface area contributed by atoms with Crippen molar-refractivity contribution in [3.8, 4) is 5.75 Å². The molecule has 116 valence electrons. The first-order valence-electron chi connectivity index (χ1n) is 7.38. The maximum absolute atomic E-state index is 13.7. The molecule has 0 aromatic heterocycles. The highest BCUT2D eigenvalue weighted by Crippen LogP contribution is 2.32. The van der Waals surface area contributed by atoms with Gasteiger partial charge >= 0.3 is 0 Å². The molecule has 1 aliphatic carbocycles. The van der Waals surface area contributed by atoms with Crippen LogP contribution in [-0.2, 0) is 0 Å². The molecule has 0 spiro atoms. The van der Waals surface area contributed by atoms with Crippen LogP contribution in [0.5, 0.6) is 5.75 Å². The lowest BCUT2D eigenvalue weighted by atomic mass is 9.76. The number of rotatable bonds is 4. The summed E-state index contributed by atoms with van der Waals surface area (Å²) in [7, 11) is 0. The van der Waals surface area contributed by atoms with E-state index in [4.69, 9.17) is 0 Å². The number of phenolic OH excluding ortho intramolecular Hbond substituents is 1. The average molecular weight is 295 g/mol. The number of hydrogen-bond acceptors (Lipinski definition) is 3. The molecule has 0 radical (unpaired) electrons. The van der Waals surface area contributed by atoms with Gasteiger partial charge in [0.1, 0.15) is 11.6 Å². The van der Waals surface area contributed by atoms with Gasteiger partial charge in [0, 0.05) is 6.07 Å². The summed E-state index contributed by atoms with van der Waals surface area (Å²) in [4.78, 5) is 12.3. The summed E-state index contributed by atoms with van der Waals surface area (Å²) in [6.45, 7) is 1.63. The van der Waals surface area contributed by atoms with Crippen LogP contribution in [0.15, 0.2) is 18.2 Å². The minimum atomic E-state index is -0.767. The Morgan fingerprint density at radius 2 is 2.05 bits per heavy atom. The van der Waals surface area contributed by atoms with Gasteiger partial charge in [-0.25, -0.2) is 4.39 Å². The number of aliphatic hydroxyl groups excluding tert-OH is 1. The Morgan fingerprint density at radius 1 is 1.38 bits per heavy atom. The van der Waals surface area contributed by atoms with Crippen molar-refractivity contribution >= 4 is 5.91 Å². The molecule has 1 amide bonds. The lowest BCUT2D eigenvalue weighted by molar-refractivity contribution is 0.0676. The van der Waals surface area contributed by atoms with Gasteiger partial charge in [-0.05, 0) is 37.8 Å². The normalized spacial score (nSPS) is 19.0. The quantitative estimate of drug-likeness (QED) is 0.799. The van der Waals surface area contributed by atoms with Crippen molar-refractivity contribution < 1.29 is 19.4 Å². The monoisotopic (exact) mass is 295 g/mol. The molecule has 0 saturated heterocycles. The first-order chi connectivity index (χ1) is 9.96. The molecule has 1 aromatic carbocycles. The molecule has 0 aliphatic heterocycles. The van der Waals surface area contributed by atoms with E-state index >= 15 is 0 Å². The second-order valence-corrected chi connectivity index (χ2v) is 6.03. The summed E-state index contributed by atoms with van der Waals surface area (Å²) in [6.07, 6.45) is 5.26. The number of aromatic hydroxyl groups is 1. The highest BCUT2D eigenvalue weighted by Gasteiger charge is 2.36. The van der Waals surface area contributed by atoms with Crippen molar-refractivity contribution in [2.75, 3.05) is 6.61 Å². The topological polar surface area (TPSA) is 69.6 Å². The lowest BCUT2D eigenvalue weighted by Crippen LogP contribution is -2.54. The van der Waals surface area contributed by atoms with Crippen LogP contribution in [-0.4, -0.2) is 28.3 Å². The van der Waals surface area contributed by atoms with E-state index in [0.717, 1.165) is 31.7 Å². The number of carbonyl (C=O) groups is 1. The smallest absolute Gasteiger partial charge is 0.254 e. The van der Waals surface area contributed by atoms with E-state index in [1.54, 1.807) is 6.92 Å². The van der Waals surface area contributed by atoms with Crippen LogP contribution in [0.4, 0.5) is 4.39 Å². The maximum atomic E-state index is 13.7. The third-order valence-electron chi connectivity index (χ3n) is 4.43. The SMILES string of the molecule is CC(CO)(NC(=O)c1ccc(O)cc1F)C1CCCCC1. The second kappa shape index (κ2) is 6.43. The van der Waals surface area contributed by atoms with E-state index in [9.17, 15) is 19.4 Å². The predicted molar refractivity (Wildman–Crippen MR) is 77.6 cm³/mol. The Hall–Kier alpha value is -1.62. The molecule has 21 heavy (non-hydrogen) atoms. The molecule has 0 heterocycles. The van der Waals surface area contributed by atoms with Gasteiger partial charge in [0.25, 0.3) is 5.91 Å². The van der Waals surface area contributed by atoms with Gasteiger partial charge in [0.15, 0.2) is 0 Å². The van der Waals surface area contributed by atoms with Crippen LogP contribution in [0.1, 0.15) is 49.4 Å². The van der Waals surface area contributed by atoms with Gasteiger partial charge in [-0.15, -0.1) is 0 Å². The Morgan fingerprint density at radius 3 is 2.62 bits per heavy atom. The first-order valence-corrected chi connectivity index (χ1v) is 7.38. The third kappa shape index (κ3) is 3.53. The first kappa shape index (κ1) is 15.8. The van der Waals surface area contributed by atoms with Crippen molar-refractivity contribution in [1.82, 2.24) is 5.32 Å². The minimum Gasteiger partial charge on any atom is -0.508 e. The Balaban J connectivity index is 2.15. The van der Waals surface area contributed by atoms with Crippen LogP contribution in [0.2, 0.25) is 0 Å². The van der Waals surface area contributed by atoms with Gasteiger partial charge < -0.3 is 15.5 Å². The molecule has 5 heteroatoms.